The van der Waals surface area contributed by atoms with Gasteiger partial charge in [0, 0.05) is 13.0 Å². The second-order valence-electron chi connectivity index (χ2n) is 6.93. The highest BCUT2D eigenvalue weighted by molar-refractivity contribution is 5.57. The molecule has 30 heavy (non-hydrogen) atoms. The number of hydrogen-bond acceptors (Lipinski definition) is 6. The lowest BCUT2D eigenvalue weighted by Crippen LogP contribution is -2.33. The second kappa shape index (κ2) is 7.29. The summed E-state index contributed by atoms with van der Waals surface area (Å²) >= 11 is 0. The van der Waals surface area contributed by atoms with Crippen molar-refractivity contribution in [2.75, 3.05) is 11.4 Å². The molecular weight excluding hydrogens is 399 g/mol. The zero-order chi connectivity index (χ0) is 21.5. The number of H-pyrrole nitrogens is 1. The second-order valence-corrected chi connectivity index (χ2v) is 6.93. The van der Waals surface area contributed by atoms with Crippen molar-refractivity contribution in [2.24, 2.45) is 0 Å². The molecule has 1 N–H and O–H groups in total. The number of nitrogens with zero attached hydrogens (tertiary/aromatic N) is 6. The van der Waals surface area contributed by atoms with Crippen LogP contribution in [0.25, 0.3) is 0 Å². The molecule has 0 unspecified atom stereocenters. The molecule has 0 aliphatic carbocycles. The van der Waals surface area contributed by atoms with Crippen molar-refractivity contribution in [2.45, 2.75) is 32.1 Å². The smallest absolute Gasteiger partial charge is 0.363 e. The Labute approximate surface area is 168 Å². The number of benzene rings is 1. The van der Waals surface area contributed by atoms with Gasteiger partial charge >= 0.3 is 6.18 Å². The van der Waals surface area contributed by atoms with E-state index in [9.17, 15) is 23.2 Å². The number of anilines is 1. The quantitative estimate of drug-likeness (QED) is 0.705. The van der Waals surface area contributed by atoms with E-state index in [4.69, 9.17) is 0 Å². The zero-order valence-electron chi connectivity index (χ0n) is 15.8. The van der Waals surface area contributed by atoms with Gasteiger partial charge in [0.05, 0.1) is 35.7 Å². The zero-order valence-corrected chi connectivity index (χ0v) is 15.8. The molecule has 0 saturated heterocycles. The highest BCUT2D eigenvalue weighted by Gasteiger charge is 2.35. The average molecular weight is 415 g/mol. The molecule has 1 aliphatic rings. The van der Waals surface area contributed by atoms with Gasteiger partial charge in [-0.05, 0) is 18.6 Å². The van der Waals surface area contributed by atoms with Crippen molar-refractivity contribution >= 4 is 5.69 Å². The Kier molecular flexibility index (Phi) is 4.77. The molecule has 0 bridgehead atoms. The molecule has 1 atom stereocenters. The van der Waals surface area contributed by atoms with Crippen LogP contribution in [0.15, 0.2) is 35.3 Å². The van der Waals surface area contributed by atoms with Gasteiger partial charge in [-0.25, -0.2) is 9.78 Å². The van der Waals surface area contributed by atoms with Gasteiger partial charge in [-0.15, -0.1) is 5.10 Å². The summed E-state index contributed by atoms with van der Waals surface area (Å²) in [6.07, 6.45) is -2.63. The molecule has 0 radical (unpaired) electrons. The molecule has 11 heteroatoms. The summed E-state index contributed by atoms with van der Waals surface area (Å²) in [5.41, 5.74) is 0.485. The SMILES string of the molecule is C[C@@H](c1ccccc1C(F)(F)F)n1nnc2c1CCN(c1cn[nH]c(=O)c1C#N)C2. The van der Waals surface area contributed by atoms with E-state index in [1.807, 2.05) is 6.07 Å². The fourth-order valence-corrected chi connectivity index (χ4v) is 3.73. The molecule has 4 rings (SSSR count). The van der Waals surface area contributed by atoms with Gasteiger partial charge < -0.3 is 4.90 Å². The van der Waals surface area contributed by atoms with Crippen LogP contribution < -0.4 is 10.5 Å². The molecule has 0 amide bonds. The fraction of sp³-hybridized carbons (Fsp3) is 0.316. The number of nitriles is 1. The third-order valence-corrected chi connectivity index (χ3v) is 5.20. The van der Waals surface area contributed by atoms with Crippen LogP contribution in [0.2, 0.25) is 0 Å². The maximum absolute atomic E-state index is 13.4. The van der Waals surface area contributed by atoms with Crippen molar-refractivity contribution in [3.05, 3.63) is 68.9 Å². The van der Waals surface area contributed by atoms with Gasteiger partial charge in [0.15, 0.2) is 0 Å². The Balaban J connectivity index is 1.67. The molecule has 8 nitrogen and oxygen atoms in total. The van der Waals surface area contributed by atoms with Crippen LogP contribution in [-0.2, 0) is 19.1 Å². The summed E-state index contributed by atoms with van der Waals surface area (Å²) in [4.78, 5) is 13.6. The number of hydrogen-bond donors (Lipinski definition) is 1. The van der Waals surface area contributed by atoms with Gasteiger partial charge in [-0.2, -0.15) is 23.5 Å². The maximum atomic E-state index is 13.4. The van der Waals surface area contributed by atoms with E-state index in [0.29, 0.717) is 24.3 Å². The summed E-state index contributed by atoms with van der Waals surface area (Å²) in [7, 11) is 0. The van der Waals surface area contributed by atoms with Crippen LogP contribution in [-0.4, -0.2) is 31.7 Å². The summed E-state index contributed by atoms with van der Waals surface area (Å²) in [5, 5.41) is 23.5. The van der Waals surface area contributed by atoms with Crippen molar-refractivity contribution < 1.29 is 13.2 Å². The Morgan fingerprint density at radius 1 is 1.30 bits per heavy atom. The van der Waals surface area contributed by atoms with Crippen LogP contribution >= 0.6 is 0 Å². The lowest BCUT2D eigenvalue weighted by Gasteiger charge is -2.29. The van der Waals surface area contributed by atoms with Gasteiger partial charge in [0.1, 0.15) is 17.3 Å². The monoisotopic (exact) mass is 415 g/mol. The molecule has 3 heterocycles. The van der Waals surface area contributed by atoms with Gasteiger partial charge in [0.2, 0.25) is 0 Å². The normalized spacial score (nSPS) is 14.8. The Morgan fingerprint density at radius 2 is 2.07 bits per heavy atom. The third-order valence-electron chi connectivity index (χ3n) is 5.20. The van der Waals surface area contributed by atoms with E-state index in [-0.39, 0.29) is 17.7 Å². The minimum Gasteiger partial charge on any atom is -0.363 e. The number of alkyl halides is 3. The van der Waals surface area contributed by atoms with E-state index < -0.39 is 23.3 Å². The predicted octanol–water partition coefficient (Wildman–Crippen LogP) is 2.42. The number of rotatable bonds is 3. The lowest BCUT2D eigenvalue weighted by atomic mass is 10.00. The van der Waals surface area contributed by atoms with Crippen molar-refractivity contribution in [1.82, 2.24) is 25.2 Å². The Hall–Kier alpha value is -3.68. The van der Waals surface area contributed by atoms with Gasteiger partial charge in [-0.1, -0.05) is 23.4 Å². The van der Waals surface area contributed by atoms with Crippen molar-refractivity contribution in [1.29, 1.82) is 5.26 Å². The largest absolute Gasteiger partial charge is 0.416 e. The number of halogens is 3. The summed E-state index contributed by atoms with van der Waals surface area (Å²) in [6, 6.07) is 6.63. The number of aromatic amines is 1. The van der Waals surface area contributed by atoms with Gasteiger partial charge in [-0.3, -0.25) is 4.79 Å². The molecular formula is C19H16F3N7O. The van der Waals surface area contributed by atoms with E-state index in [1.54, 1.807) is 17.9 Å². The average Bonchev–Trinajstić information content (AvgIpc) is 3.15. The van der Waals surface area contributed by atoms with Crippen molar-refractivity contribution in [3.8, 4) is 6.07 Å². The standard InChI is InChI=1S/C19H16F3N7O/c1-11(12-4-2-3-5-14(12)19(20,21)22)29-16-6-7-28(10-15(16)25-27-29)17-9-24-26-18(30)13(17)8-23/h2-5,9,11H,6-7,10H2,1H3,(H,26,30)/t11-/m0/s1. The van der Waals surface area contributed by atoms with E-state index in [0.717, 1.165) is 11.8 Å². The first-order chi connectivity index (χ1) is 14.3. The van der Waals surface area contributed by atoms with Crippen LogP contribution in [0.3, 0.4) is 0 Å². The van der Waals surface area contributed by atoms with E-state index in [2.05, 4.69) is 20.5 Å². The number of fused-ring (bicyclic) bond motifs is 1. The molecule has 2 aromatic heterocycles. The van der Waals surface area contributed by atoms with E-state index in [1.165, 1.54) is 23.0 Å². The van der Waals surface area contributed by atoms with Crippen LogP contribution in [0, 0.1) is 11.3 Å². The summed E-state index contributed by atoms with van der Waals surface area (Å²) < 4.78 is 41.8. The summed E-state index contributed by atoms with van der Waals surface area (Å²) in [6.45, 7) is 2.36. The molecule has 0 saturated carbocycles. The molecule has 3 aromatic rings. The van der Waals surface area contributed by atoms with Crippen LogP contribution in [0.1, 0.15) is 41.0 Å². The first-order valence-electron chi connectivity index (χ1n) is 9.13. The third kappa shape index (κ3) is 3.30. The van der Waals surface area contributed by atoms with Crippen LogP contribution in [0.4, 0.5) is 18.9 Å². The minimum absolute atomic E-state index is 0.0479. The molecule has 154 valence electrons. The molecule has 0 fully saturated rings. The predicted molar refractivity (Wildman–Crippen MR) is 99.6 cm³/mol. The first-order valence-corrected chi connectivity index (χ1v) is 9.13. The molecule has 0 spiro atoms. The van der Waals surface area contributed by atoms with Crippen LogP contribution in [0.5, 0.6) is 0 Å². The highest BCUT2D eigenvalue weighted by atomic mass is 19.4. The first kappa shape index (κ1) is 19.6. The minimum atomic E-state index is -4.47. The Bertz CT molecular complexity index is 1190. The lowest BCUT2D eigenvalue weighted by molar-refractivity contribution is -0.138. The highest BCUT2D eigenvalue weighted by Crippen LogP contribution is 2.36. The number of aromatic nitrogens is 5. The molecule has 1 aliphatic heterocycles. The molecule has 1 aromatic carbocycles. The maximum Gasteiger partial charge on any atom is 0.416 e. The Morgan fingerprint density at radius 3 is 2.80 bits per heavy atom. The van der Waals surface area contributed by atoms with Crippen molar-refractivity contribution in [3.63, 3.8) is 0 Å². The number of nitrogens with one attached hydrogen (secondary N) is 1. The summed E-state index contributed by atoms with van der Waals surface area (Å²) in [5.74, 6) is 0. The fourth-order valence-electron chi connectivity index (χ4n) is 3.73. The van der Waals surface area contributed by atoms with Gasteiger partial charge in [0.25, 0.3) is 5.56 Å². The van der Waals surface area contributed by atoms with E-state index >= 15 is 0 Å². The topological polar surface area (TPSA) is 103 Å².